The SMILES string of the molecule is CCOC(=O)c1cn(C2CC2)c2c3c(ccc2c1=O)N1C[C@@H](N)C[C@H]1CC=C3.O=C(O)C(F)(F)F. The summed E-state index contributed by atoms with van der Waals surface area (Å²) in [6.45, 7) is 2.84. The number of nitrogens with zero attached hydrogens (tertiary/aromatic N) is 2. The first kappa shape index (κ1) is 24.8. The average Bonchev–Trinajstić information content (AvgIpc) is 3.58. The summed E-state index contributed by atoms with van der Waals surface area (Å²) in [5, 5.41) is 7.71. The van der Waals surface area contributed by atoms with E-state index in [1.54, 1.807) is 13.1 Å². The number of aliphatic carboxylic acids is 1. The van der Waals surface area contributed by atoms with Crippen molar-refractivity contribution in [2.75, 3.05) is 18.1 Å². The third-order valence-electron chi connectivity index (χ3n) is 6.34. The van der Waals surface area contributed by atoms with E-state index in [2.05, 4.69) is 21.6 Å². The van der Waals surface area contributed by atoms with Gasteiger partial charge in [-0.1, -0.05) is 12.2 Å². The molecule has 1 aliphatic carbocycles. The average molecular weight is 493 g/mol. The lowest BCUT2D eigenvalue weighted by Gasteiger charge is -2.27. The Balaban J connectivity index is 0.000000364. The van der Waals surface area contributed by atoms with E-state index in [4.69, 9.17) is 20.4 Å². The highest BCUT2D eigenvalue weighted by Gasteiger charge is 2.38. The molecule has 3 N–H and O–H groups in total. The van der Waals surface area contributed by atoms with Gasteiger partial charge in [0.15, 0.2) is 0 Å². The van der Waals surface area contributed by atoms with Crippen molar-refractivity contribution in [1.82, 2.24) is 4.57 Å². The maximum atomic E-state index is 13.1. The molecular formula is C24H26F3N3O5. The summed E-state index contributed by atoms with van der Waals surface area (Å²) in [6, 6.07) is 4.81. The highest BCUT2D eigenvalue weighted by molar-refractivity contribution is 5.99. The number of carbonyl (C=O) groups excluding carboxylic acids is 1. The Bertz CT molecular complexity index is 1250. The predicted octanol–water partition coefficient (Wildman–Crippen LogP) is 3.47. The molecule has 0 spiro atoms. The minimum Gasteiger partial charge on any atom is -0.475 e. The van der Waals surface area contributed by atoms with Gasteiger partial charge in [-0.15, -0.1) is 0 Å². The zero-order chi connectivity index (χ0) is 25.5. The van der Waals surface area contributed by atoms with Crippen LogP contribution in [0, 0.1) is 0 Å². The van der Waals surface area contributed by atoms with Crippen LogP contribution in [0.3, 0.4) is 0 Å². The molecule has 0 amide bonds. The third kappa shape index (κ3) is 4.90. The van der Waals surface area contributed by atoms with E-state index in [1.807, 2.05) is 12.1 Å². The molecule has 5 rings (SSSR count). The first-order valence-corrected chi connectivity index (χ1v) is 11.4. The molecule has 0 unspecified atom stereocenters. The standard InChI is InChI=1S/C22H25N3O3.C2HF3O2/c1-2-28-22(27)18-12-25(14-6-7-14)20-16-5-3-4-15-10-13(23)11-24(15)19(16)9-8-17(20)21(18)26;3-2(4,5)1(6)7/h3,5,8-9,12-15H,2,4,6-7,10-11,23H2,1H3;(H,6,7)/t13-,15+;/m0./s1. The summed E-state index contributed by atoms with van der Waals surface area (Å²) in [5.74, 6) is -3.30. The molecule has 1 saturated heterocycles. The summed E-state index contributed by atoms with van der Waals surface area (Å²) in [5.41, 5.74) is 9.24. The number of carbonyl (C=O) groups is 2. The van der Waals surface area contributed by atoms with Crippen molar-refractivity contribution in [2.24, 2.45) is 5.73 Å². The van der Waals surface area contributed by atoms with Gasteiger partial charge >= 0.3 is 18.1 Å². The van der Waals surface area contributed by atoms with Crippen LogP contribution in [-0.2, 0) is 9.53 Å². The summed E-state index contributed by atoms with van der Waals surface area (Å²) in [4.78, 5) is 36.8. The Labute approximate surface area is 198 Å². The number of alkyl halides is 3. The van der Waals surface area contributed by atoms with E-state index in [1.165, 1.54) is 0 Å². The van der Waals surface area contributed by atoms with Crippen molar-refractivity contribution >= 4 is 34.6 Å². The number of rotatable bonds is 3. The fraction of sp³-hybridized carbons (Fsp3) is 0.458. The number of carboxylic acid groups (broad SMARTS) is 1. The second-order valence-corrected chi connectivity index (χ2v) is 8.87. The number of aromatic nitrogens is 1. The molecule has 0 radical (unpaired) electrons. The van der Waals surface area contributed by atoms with E-state index in [0.29, 0.717) is 17.5 Å². The van der Waals surface area contributed by atoms with Crippen molar-refractivity contribution in [3.8, 4) is 0 Å². The Hall–Kier alpha value is -3.34. The fourth-order valence-electron chi connectivity index (χ4n) is 4.69. The summed E-state index contributed by atoms with van der Waals surface area (Å²) in [6.07, 6.45) is 5.03. The Morgan fingerprint density at radius 1 is 1.23 bits per heavy atom. The molecule has 2 atom stereocenters. The van der Waals surface area contributed by atoms with Gasteiger partial charge in [-0.05, 0) is 44.7 Å². The molecule has 1 aromatic carbocycles. The smallest absolute Gasteiger partial charge is 0.475 e. The van der Waals surface area contributed by atoms with Crippen LogP contribution in [0.2, 0.25) is 0 Å². The lowest BCUT2D eigenvalue weighted by atomic mass is 10.0. The number of nitrogens with two attached hydrogens (primary N) is 1. The van der Waals surface area contributed by atoms with Crippen LogP contribution in [0.15, 0.2) is 29.2 Å². The van der Waals surface area contributed by atoms with Crippen LogP contribution in [0.4, 0.5) is 18.9 Å². The molecule has 11 heteroatoms. The van der Waals surface area contributed by atoms with Gasteiger partial charge < -0.3 is 25.0 Å². The van der Waals surface area contributed by atoms with Crippen LogP contribution < -0.4 is 16.1 Å². The maximum Gasteiger partial charge on any atom is 0.490 e. The van der Waals surface area contributed by atoms with Crippen LogP contribution in [0.1, 0.15) is 54.6 Å². The summed E-state index contributed by atoms with van der Waals surface area (Å²) in [7, 11) is 0. The number of carboxylic acids is 1. The number of pyridine rings is 1. The van der Waals surface area contributed by atoms with E-state index in [9.17, 15) is 22.8 Å². The van der Waals surface area contributed by atoms with Gasteiger partial charge in [0.05, 0.1) is 12.1 Å². The van der Waals surface area contributed by atoms with E-state index >= 15 is 0 Å². The Morgan fingerprint density at radius 3 is 2.51 bits per heavy atom. The largest absolute Gasteiger partial charge is 0.490 e. The molecule has 35 heavy (non-hydrogen) atoms. The van der Waals surface area contributed by atoms with E-state index in [0.717, 1.165) is 49.0 Å². The van der Waals surface area contributed by atoms with Gasteiger partial charge in [0.1, 0.15) is 5.56 Å². The Morgan fingerprint density at radius 2 is 1.91 bits per heavy atom. The molecule has 1 aromatic heterocycles. The summed E-state index contributed by atoms with van der Waals surface area (Å²) >= 11 is 0. The zero-order valence-electron chi connectivity index (χ0n) is 19.0. The molecule has 3 heterocycles. The van der Waals surface area contributed by atoms with Gasteiger partial charge in [-0.3, -0.25) is 4.79 Å². The number of benzene rings is 1. The number of fused-ring (bicyclic) bond motifs is 5. The summed E-state index contributed by atoms with van der Waals surface area (Å²) < 4.78 is 39.0. The molecule has 0 bridgehead atoms. The van der Waals surface area contributed by atoms with E-state index in [-0.39, 0.29) is 23.6 Å². The number of hydrogen-bond donors (Lipinski definition) is 2. The highest BCUT2D eigenvalue weighted by atomic mass is 19.4. The molecule has 8 nitrogen and oxygen atoms in total. The molecule has 3 aliphatic rings. The molecular weight excluding hydrogens is 467 g/mol. The van der Waals surface area contributed by atoms with Crippen molar-refractivity contribution in [3.05, 3.63) is 45.8 Å². The quantitative estimate of drug-likeness (QED) is 0.630. The van der Waals surface area contributed by atoms with Gasteiger partial charge in [0.25, 0.3) is 0 Å². The van der Waals surface area contributed by atoms with Crippen LogP contribution in [0.5, 0.6) is 0 Å². The highest BCUT2D eigenvalue weighted by Crippen LogP contribution is 2.42. The topological polar surface area (TPSA) is 115 Å². The van der Waals surface area contributed by atoms with Crippen molar-refractivity contribution in [1.29, 1.82) is 0 Å². The van der Waals surface area contributed by atoms with Gasteiger partial charge in [-0.2, -0.15) is 13.2 Å². The zero-order valence-corrected chi connectivity index (χ0v) is 19.0. The lowest BCUT2D eigenvalue weighted by Crippen LogP contribution is -2.30. The second kappa shape index (κ2) is 9.37. The van der Waals surface area contributed by atoms with Gasteiger partial charge in [-0.25, -0.2) is 9.59 Å². The normalized spacial score (nSPS) is 21.0. The molecule has 2 aromatic rings. The second-order valence-electron chi connectivity index (χ2n) is 8.87. The molecule has 188 valence electrons. The third-order valence-corrected chi connectivity index (χ3v) is 6.34. The van der Waals surface area contributed by atoms with Crippen molar-refractivity contribution < 1.29 is 32.6 Å². The number of esters is 1. The lowest BCUT2D eigenvalue weighted by molar-refractivity contribution is -0.192. The van der Waals surface area contributed by atoms with Gasteiger partial charge in [0, 0.05) is 47.5 Å². The molecule has 2 aliphatic heterocycles. The molecule has 2 fully saturated rings. The van der Waals surface area contributed by atoms with Crippen LogP contribution >= 0.6 is 0 Å². The van der Waals surface area contributed by atoms with Gasteiger partial charge in [0.2, 0.25) is 5.43 Å². The van der Waals surface area contributed by atoms with E-state index < -0.39 is 18.1 Å². The maximum absolute atomic E-state index is 13.1. The van der Waals surface area contributed by atoms with Crippen molar-refractivity contribution in [3.63, 3.8) is 0 Å². The number of hydrogen-bond acceptors (Lipinski definition) is 6. The minimum absolute atomic E-state index is 0.125. The Kier molecular flexibility index (Phi) is 6.63. The fourth-order valence-corrected chi connectivity index (χ4v) is 4.69. The first-order valence-electron chi connectivity index (χ1n) is 11.4. The minimum atomic E-state index is -5.08. The predicted molar refractivity (Wildman–Crippen MR) is 124 cm³/mol. The monoisotopic (exact) mass is 493 g/mol. The van der Waals surface area contributed by atoms with Crippen molar-refractivity contribution in [2.45, 2.75) is 56.9 Å². The number of halogens is 3. The number of anilines is 1. The molecule has 1 saturated carbocycles. The van der Waals surface area contributed by atoms with Crippen LogP contribution in [0.25, 0.3) is 17.0 Å². The van der Waals surface area contributed by atoms with Crippen LogP contribution in [-0.4, -0.2) is 53.0 Å². The number of ether oxygens (including phenoxy) is 1. The first-order chi connectivity index (χ1) is 16.5.